The highest BCUT2D eigenvalue weighted by Gasteiger charge is 2.32. The molecule has 2 heterocycles. The fourth-order valence-electron chi connectivity index (χ4n) is 3.84. The Hall–Kier alpha value is -2.17. The Kier molecular flexibility index (Phi) is 3.43. The van der Waals surface area contributed by atoms with Crippen LogP contribution in [0.3, 0.4) is 0 Å². The molecule has 1 aromatic carbocycles. The Labute approximate surface area is 134 Å². The van der Waals surface area contributed by atoms with E-state index in [1.165, 1.54) is 24.0 Å². The van der Waals surface area contributed by atoms with Crippen LogP contribution in [0.5, 0.6) is 0 Å². The molecular formula is C18H20N2O3. The summed E-state index contributed by atoms with van der Waals surface area (Å²) >= 11 is 0. The highest BCUT2D eigenvalue weighted by Crippen LogP contribution is 2.34. The van der Waals surface area contributed by atoms with Crippen LogP contribution in [0.15, 0.2) is 16.7 Å². The van der Waals surface area contributed by atoms with Crippen molar-refractivity contribution in [3.05, 3.63) is 29.0 Å². The van der Waals surface area contributed by atoms with E-state index in [0.717, 1.165) is 23.8 Å². The lowest BCUT2D eigenvalue weighted by atomic mass is 9.91. The standard InChI is InChI=1S/C18H20N2O3/c1-10-3-2-4-11-8-14-15(9-12(11)7-10)23-20-17(14)13-5-6-16(21)19-18(13)22/h8-10,13H,2-7H2,1H3,(H,19,21,22). The largest absolute Gasteiger partial charge is 0.356 e. The number of nitrogens with one attached hydrogen (secondary N) is 1. The summed E-state index contributed by atoms with van der Waals surface area (Å²) in [5.74, 6) is -0.176. The van der Waals surface area contributed by atoms with Gasteiger partial charge in [-0.15, -0.1) is 0 Å². The molecule has 1 aromatic heterocycles. The predicted octanol–water partition coefficient (Wildman–Crippen LogP) is 2.86. The van der Waals surface area contributed by atoms with Gasteiger partial charge in [0.25, 0.3) is 0 Å². The second-order valence-corrected chi connectivity index (χ2v) is 6.89. The van der Waals surface area contributed by atoms with Gasteiger partial charge in [0.05, 0.1) is 5.92 Å². The van der Waals surface area contributed by atoms with E-state index in [2.05, 4.69) is 29.5 Å². The van der Waals surface area contributed by atoms with Gasteiger partial charge in [-0.05, 0) is 54.9 Å². The summed E-state index contributed by atoms with van der Waals surface area (Å²) < 4.78 is 5.50. The van der Waals surface area contributed by atoms with Gasteiger partial charge in [0.15, 0.2) is 5.58 Å². The fraction of sp³-hybridized carbons (Fsp3) is 0.500. The number of imide groups is 1. The average Bonchev–Trinajstić information content (AvgIpc) is 2.80. The quantitative estimate of drug-likeness (QED) is 0.649. The Morgan fingerprint density at radius 2 is 2.04 bits per heavy atom. The maximum atomic E-state index is 12.1. The summed E-state index contributed by atoms with van der Waals surface area (Å²) in [7, 11) is 0. The van der Waals surface area contributed by atoms with Gasteiger partial charge in [0, 0.05) is 11.8 Å². The number of benzene rings is 1. The minimum Gasteiger partial charge on any atom is -0.356 e. The number of fused-ring (bicyclic) bond motifs is 2. The van der Waals surface area contributed by atoms with Gasteiger partial charge in [-0.25, -0.2) is 0 Å². The molecule has 120 valence electrons. The lowest BCUT2D eigenvalue weighted by Gasteiger charge is -2.19. The third-order valence-corrected chi connectivity index (χ3v) is 5.10. The zero-order valence-corrected chi connectivity index (χ0v) is 13.2. The summed E-state index contributed by atoms with van der Waals surface area (Å²) in [4.78, 5) is 23.5. The van der Waals surface area contributed by atoms with Crippen LogP contribution in [-0.4, -0.2) is 17.0 Å². The van der Waals surface area contributed by atoms with Crippen LogP contribution in [0.4, 0.5) is 0 Å². The molecule has 5 heteroatoms. The molecule has 0 bridgehead atoms. The van der Waals surface area contributed by atoms with E-state index in [1.54, 1.807) is 0 Å². The topological polar surface area (TPSA) is 72.2 Å². The van der Waals surface area contributed by atoms with Crippen LogP contribution >= 0.6 is 0 Å². The molecule has 5 nitrogen and oxygen atoms in total. The molecule has 0 radical (unpaired) electrons. The van der Waals surface area contributed by atoms with E-state index in [4.69, 9.17) is 4.52 Å². The summed E-state index contributed by atoms with van der Waals surface area (Å²) in [6.45, 7) is 2.29. The van der Waals surface area contributed by atoms with Gasteiger partial charge in [0.2, 0.25) is 11.8 Å². The molecule has 1 aliphatic carbocycles. The molecule has 2 aliphatic rings. The first-order valence-corrected chi connectivity index (χ1v) is 8.36. The first-order valence-electron chi connectivity index (χ1n) is 8.36. The van der Waals surface area contributed by atoms with Crippen molar-refractivity contribution in [1.29, 1.82) is 0 Å². The number of nitrogens with zero attached hydrogens (tertiary/aromatic N) is 1. The van der Waals surface area contributed by atoms with Crippen molar-refractivity contribution < 1.29 is 14.1 Å². The van der Waals surface area contributed by atoms with Crippen LogP contribution in [0.25, 0.3) is 11.0 Å². The number of hydrogen-bond donors (Lipinski definition) is 1. The van der Waals surface area contributed by atoms with Gasteiger partial charge >= 0.3 is 0 Å². The monoisotopic (exact) mass is 312 g/mol. The maximum absolute atomic E-state index is 12.1. The highest BCUT2D eigenvalue weighted by atomic mass is 16.5. The molecule has 1 fully saturated rings. The minimum absolute atomic E-state index is 0.207. The van der Waals surface area contributed by atoms with Gasteiger partial charge in [0.1, 0.15) is 5.69 Å². The Balaban J connectivity index is 1.76. The number of amides is 2. The zero-order chi connectivity index (χ0) is 16.0. The third-order valence-electron chi connectivity index (χ3n) is 5.10. The van der Waals surface area contributed by atoms with E-state index in [1.807, 2.05) is 0 Å². The number of aromatic nitrogens is 1. The molecule has 2 amide bonds. The average molecular weight is 312 g/mol. The molecule has 4 rings (SSSR count). The van der Waals surface area contributed by atoms with Crippen molar-refractivity contribution in [3.8, 4) is 0 Å². The van der Waals surface area contributed by atoms with Crippen LogP contribution in [-0.2, 0) is 22.4 Å². The lowest BCUT2D eigenvalue weighted by Crippen LogP contribution is -2.39. The SMILES string of the molecule is CC1CCCc2cc3c(C4CCC(=O)NC4=O)noc3cc2C1. The minimum atomic E-state index is -0.392. The fourth-order valence-corrected chi connectivity index (χ4v) is 3.84. The van der Waals surface area contributed by atoms with Crippen molar-refractivity contribution >= 4 is 22.8 Å². The zero-order valence-electron chi connectivity index (χ0n) is 13.2. The van der Waals surface area contributed by atoms with Crippen molar-refractivity contribution in [2.45, 2.75) is 51.4 Å². The van der Waals surface area contributed by atoms with Gasteiger partial charge < -0.3 is 4.52 Å². The molecule has 1 aliphatic heterocycles. The van der Waals surface area contributed by atoms with E-state index in [-0.39, 0.29) is 11.8 Å². The number of carbonyl (C=O) groups excluding carboxylic acids is 2. The molecular weight excluding hydrogens is 292 g/mol. The predicted molar refractivity (Wildman–Crippen MR) is 84.9 cm³/mol. The van der Waals surface area contributed by atoms with Crippen molar-refractivity contribution in [2.75, 3.05) is 0 Å². The van der Waals surface area contributed by atoms with Crippen LogP contribution in [0, 0.1) is 5.92 Å². The van der Waals surface area contributed by atoms with Crippen molar-refractivity contribution in [2.24, 2.45) is 5.92 Å². The summed E-state index contributed by atoms with van der Waals surface area (Å²) in [5.41, 5.74) is 4.11. The second-order valence-electron chi connectivity index (χ2n) is 6.89. The molecule has 2 atom stereocenters. The first kappa shape index (κ1) is 14.4. The summed E-state index contributed by atoms with van der Waals surface area (Å²) in [6.07, 6.45) is 5.43. The molecule has 2 aromatic rings. The molecule has 23 heavy (non-hydrogen) atoms. The second kappa shape index (κ2) is 5.48. The number of rotatable bonds is 1. The van der Waals surface area contributed by atoms with Crippen LogP contribution in [0.1, 0.15) is 55.3 Å². The van der Waals surface area contributed by atoms with E-state index < -0.39 is 5.92 Å². The highest BCUT2D eigenvalue weighted by molar-refractivity contribution is 6.02. The lowest BCUT2D eigenvalue weighted by molar-refractivity contribution is -0.134. The number of aryl methyl sites for hydroxylation is 1. The number of piperidine rings is 1. The number of carbonyl (C=O) groups is 2. The summed E-state index contributed by atoms with van der Waals surface area (Å²) in [6, 6.07) is 4.24. The summed E-state index contributed by atoms with van der Waals surface area (Å²) in [5, 5.41) is 7.49. The van der Waals surface area contributed by atoms with Crippen molar-refractivity contribution in [1.82, 2.24) is 10.5 Å². The van der Waals surface area contributed by atoms with Crippen molar-refractivity contribution in [3.63, 3.8) is 0 Å². The Morgan fingerprint density at radius 1 is 1.17 bits per heavy atom. The number of hydrogen-bond acceptors (Lipinski definition) is 4. The van der Waals surface area contributed by atoms with E-state index in [0.29, 0.717) is 24.5 Å². The molecule has 2 unspecified atom stereocenters. The van der Waals surface area contributed by atoms with Crippen LogP contribution in [0.2, 0.25) is 0 Å². The Morgan fingerprint density at radius 3 is 2.87 bits per heavy atom. The van der Waals surface area contributed by atoms with E-state index in [9.17, 15) is 9.59 Å². The first-order chi connectivity index (χ1) is 11.1. The molecule has 0 spiro atoms. The normalized spacial score (nSPS) is 25.1. The molecule has 1 N–H and O–H groups in total. The molecule has 0 saturated carbocycles. The molecule has 1 saturated heterocycles. The van der Waals surface area contributed by atoms with Crippen LogP contribution < -0.4 is 5.32 Å². The van der Waals surface area contributed by atoms with Gasteiger partial charge in [-0.3, -0.25) is 14.9 Å². The van der Waals surface area contributed by atoms with E-state index >= 15 is 0 Å². The van der Waals surface area contributed by atoms with Gasteiger partial charge in [-0.2, -0.15) is 0 Å². The third kappa shape index (κ3) is 2.54. The van der Waals surface area contributed by atoms with Gasteiger partial charge in [-0.1, -0.05) is 18.5 Å². The Bertz CT molecular complexity index is 793. The maximum Gasteiger partial charge on any atom is 0.235 e. The smallest absolute Gasteiger partial charge is 0.235 e.